The van der Waals surface area contributed by atoms with Crippen molar-refractivity contribution in [3.05, 3.63) is 82.2 Å². The van der Waals surface area contributed by atoms with Gasteiger partial charge in [0, 0.05) is 31.7 Å². The van der Waals surface area contributed by atoms with Crippen LogP contribution < -0.4 is 0 Å². The zero-order valence-corrected chi connectivity index (χ0v) is 21.4. The average molecular weight is 488 g/mol. The predicted octanol–water partition coefficient (Wildman–Crippen LogP) is 3.75. The minimum Gasteiger partial charge on any atom is -0.365 e. The summed E-state index contributed by atoms with van der Waals surface area (Å²) < 4.78 is 7.85. The second-order valence-corrected chi connectivity index (χ2v) is 10.7. The van der Waals surface area contributed by atoms with E-state index in [1.165, 1.54) is 11.1 Å². The highest BCUT2D eigenvalue weighted by atomic mass is 16.5. The highest BCUT2D eigenvalue weighted by molar-refractivity contribution is 5.95. The molecule has 2 aromatic carbocycles. The number of benzene rings is 2. The second kappa shape index (κ2) is 9.50. The van der Waals surface area contributed by atoms with Crippen LogP contribution in [0.5, 0.6) is 0 Å². The molecule has 1 saturated heterocycles. The molecule has 3 heterocycles. The summed E-state index contributed by atoms with van der Waals surface area (Å²) >= 11 is 0. The number of nitrogens with zero attached hydrogens (tertiary/aromatic N) is 5. The minimum atomic E-state index is -0.157. The Morgan fingerprint density at radius 3 is 2.11 bits per heavy atom. The first-order valence-corrected chi connectivity index (χ1v) is 12.5. The highest BCUT2D eigenvalue weighted by Crippen LogP contribution is 2.28. The Morgan fingerprint density at radius 1 is 0.889 bits per heavy atom. The number of aryl methyl sites for hydroxylation is 1. The molecular weight excluding hydrogens is 454 g/mol. The lowest BCUT2D eigenvalue weighted by atomic mass is 9.86. The van der Waals surface area contributed by atoms with Crippen molar-refractivity contribution in [2.45, 2.75) is 52.4 Å². The monoisotopic (exact) mass is 487 g/mol. The summed E-state index contributed by atoms with van der Waals surface area (Å²) in [6.45, 7) is 11.2. The standard InChI is InChI=1S/C28H33N5O3/c1-19-5-7-20(8-6-19)24-17-33-23(18-36-24)25(29-30-33)27(35)32-15-13-31(14-16-32)26(34)21-9-11-22(12-10-21)28(2,3)4/h5-12,24H,13-18H2,1-4H3. The van der Waals surface area contributed by atoms with Crippen LogP contribution in [0.1, 0.15) is 70.1 Å². The van der Waals surface area contributed by atoms with Crippen molar-refractivity contribution in [1.29, 1.82) is 0 Å². The molecule has 0 bridgehead atoms. The van der Waals surface area contributed by atoms with Gasteiger partial charge in [-0.25, -0.2) is 4.68 Å². The molecule has 1 unspecified atom stereocenters. The summed E-state index contributed by atoms with van der Waals surface area (Å²) in [7, 11) is 0. The summed E-state index contributed by atoms with van der Waals surface area (Å²) in [4.78, 5) is 29.8. The van der Waals surface area contributed by atoms with E-state index in [0.717, 1.165) is 5.56 Å². The van der Waals surface area contributed by atoms with Crippen LogP contribution in [-0.2, 0) is 23.3 Å². The van der Waals surface area contributed by atoms with Gasteiger partial charge in [-0.05, 0) is 35.6 Å². The van der Waals surface area contributed by atoms with E-state index >= 15 is 0 Å². The van der Waals surface area contributed by atoms with Crippen LogP contribution in [0.2, 0.25) is 0 Å². The minimum absolute atomic E-state index is 0.000793. The average Bonchev–Trinajstić information content (AvgIpc) is 3.31. The van der Waals surface area contributed by atoms with Crippen LogP contribution in [0.3, 0.4) is 0 Å². The van der Waals surface area contributed by atoms with Crippen molar-refractivity contribution >= 4 is 11.8 Å². The first-order valence-electron chi connectivity index (χ1n) is 12.5. The van der Waals surface area contributed by atoms with Gasteiger partial charge in [0.25, 0.3) is 11.8 Å². The Bertz CT molecular complexity index is 1250. The van der Waals surface area contributed by atoms with Gasteiger partial charge < -0.3 is 14.5 Å². The third-order valence-electron chi connectivity index (χ3n) is 7.10. The van der Waals surface area contributed by atoms with Gasteiger partial charge >= 0.3 is 0 Å². The van der Waals surface area contributed by atoms with Crippen LogP contribution in [-0.4, -0.2) is 62.8 Å². The normalized spacial score (nSPS) is 18.2. The molecule has 0 saturated carbocycles. The van der Waals surface area contributed by atoms with E-state index in [9.17, 15) is 9.59 Å². The fourth-order valence-corrected chi connectivity index (χ4v) is 4.72. The SMILES string of the molecule is Cc1ccc(C2Cn3nnc(C(=O)N4CCN(C(=O)c5ccc(C(C)(C)C)cc5)CC4)c3CO2)cc1. The van der Waals surface area contributed by atoms with Gasteiger partial charge in [0.2, 0.25) is 0 Å². The molecule has 2 aliphatic heterocycles. The summed E-state index contributed by atoms with van der Waals surface area (Å²) in [5.41, 5.74) is 5.25. The molecule has 0 aliphatic carbocycles. The third kappa shape index (κ3) is 4.78. The number of piperazine rings is 1. The summed E-state index contributed by atoms with van der Waals surface area (Å²) in [5, 5.41) is 8.45. The number of fused-ring (bicyclic) bond motifs is 1. The maximum atomic E-state index is 13.3. The van der Waals surface area contributed by atoms with Gasteiger partial charge in [0.05, 0.1) is 18.8 Å². The maximum absolute atomic E-state index is 13.3. The largest absolute Gasteiger partial charge is 0.365 e. The van der Waals surface area contributed by atoms with Crippen LogP contribution >= 0.6 is 0 Å². The van der Waals surface area contributed by atoms with Crippen LogP contribution in [0.25, 0.3) is 0 Å². The maximum Gasteiger partial charge on any atom is 0.276 e. The molecule has 2 aliphatic rings. The number of carbonyl (C=O) groups excluding carboxylic acids is 2. The van der Waals surface area contributed by atoms with E-state index in [2.05, 4.69) is 62.3 Å². The summed E-state index contributed by atoms with van der Waals surface area (Å²) in [5.74, 6) is -0.158. The lowest BCUT2D eigenvalue weighted by Crippen LogP contribution is -2.50. The number of carbonyl (C=O) groups is 2. The molecule has 1 atom stereocenters. The van der Waals surface area contributed by atoms with Crippen molar-refractivity contribution in [2.24, 2.45) is 0 Å². The Morgan fingerprint density at radius 2 is 1.50 bits per heavy atom. The Balaban J connectivity index is 1.20. The van der Waals surface area contributed by atoms with Crippen molar-refractivity contribution in [3.8, 4) is 0 Å². The first-order chi connectivity index (χ1) is 17.2. The molecule has 0 spiro atoms. The second-order valence-electron chi connectivity index (χ2n) is 10.7. The molecule has 8 heteroatoms. The fraction of sp³-hybridized carbons (Fsp3) is 0.429. The number of aromatic nitrogens is 3. The Hall–Kier alpha value is -3.52. The van der Waals surface area contributed by atoms with Crippen LogP contribution in [0, 0.1) is 6.92 Å². The van der Waals surface area contributed by atoms with Crippen molar-refractivity contribution in [3.63, 3.8) is 0 Å². The molecule has 5 rings (SSSR count). The van der Waals surface area contributed by atoms with Gasteiger partial charge in [-0.15, -0.1) is 5.10 Å². The zero-order valence-electron chi connectivity index (χ0n) is 21.4. The fourth-order valence-electron chi connectivity index (χ4n) is 4.72. The highest BCUT2D eigenvalue weighted by Gasteiger charge is 2.32. The molecule has 3 aromatic rings. The van der Waals surface area contributed by atoms with E-state index in [-0.39, 0.29) is 29.9 Å². The van der Waals surface area contributed by atoms with E-state index in [4.69, 9.17) is 4.74 Å². The Labute approximate surface area is 211 Å². The predicted molar refractivity (Wildman–Crippen MR) is 136 cm³/mol. The molecule has 36 heavy (non-hydrogen) atoms. The van der Waals surface area contributed by atoms with Gasteiger partial charge in [-0.2, -0.15) is 0 Å². The molecule has 1 aromatic heterocycles. The third-order valence-corrected chi connectivity index (χ3v) is 7.10. The van der Waals surface area contributed by atoms with E-state index in [0.29, 0.717) is 49.7 Å². The summed E-state index contributed by atoms with van der Waals surface area (Å²) in [6.07, 6.45) is -0.116. The molecule has 0 radical (unpaired) electrons. The molecular formula is C28H33N5O3. The van der Waals surface area contributed by atoms with E-state index in [1.807, 2.05) is 29.2 Å². The van der Waals surface area contributed by atoms with E-state index < -0.39 is 0 Å². The lowest BCUT2D eigenvalue weighted by molar-refractivity contribution is -0.00203. The Kier molecular flexibility index (Phi) is 6.38. The van der Waals surface area contributed by atoms with Crippen molar-refractivity contribution < 1.29 is 14.3 Å². The zero-order chi connectivity index (χ0) is 25.4. The molecule has 2 amide bonds. The molecule has 188 valence electrons. The van der Waals surface area contributed by atoms with Crippen molar-refractivity contribution in [1.82, 2.24) is 24.8 Å². The molecule has 0 N–H and O–H groups in total. The topological polar surface area (TPSA) is 80.6 Å². The smallest absolute Gasteiger partial charge is 0.276 e. The molecule has 1 fully saturated rings. The number of amides is 2. The molecule has 8 nitrogen and oxygen atoms in total. The first kappa shape index (κ1) is 24.2. The van der Waals surface area contributed by atoms with Gasteiger partial charge in [-0.3, -0.25) is 9.59 Å². The van der Waals surface area contributed by atoms with Gasteiger partial charge in [-0.1, -0.05) is 67.9 Å². The van der Waals surface area contributed by atoms with Crippen molar-refractivity contribution in [2.75, 3.05) is 26.2 Å². The van der Waals surface area contributed by atoms with E-state index in [1.54, 1.807) is 9.58 Å². The van der Waals surface area contributed by atoms with Crippen LogP contribution in [0.4, 0.5) is 0 Å². The van der Waals surface area contributed by atoms with Gasteiger partial charge in [0.15, 0.2) is 5.69 Å². The number of hydrogen-bond donors (Lipinski definition) is 0. The van der Waals surface area contributed by atoms with Gasteiger partial charge in [0.1, 0.15) is 6.10 Å². The number of rotatable bonds is 3. The lowest BCUT2D eigenvalue weighted by Gasteiger charge is -2.34. The number of hydrogen-bond acceptors (Lipinski definition) is 5. The number of ether oxygens (including phenoxy) is 1. The van der Waals surface area contributed by atoms with Crippen LogP contribution in [0.15, 0.2) is 48.5 Å². The quantitative estimate of drug-likeness (QED) is 0.562. The summed E-state index contributed by atoms with van der Waals surface area (Å²) in [6, 6.07) is 16.1.